The number of nitrogens with zero attached hydrogens (tertiary/aromatic N) is 1. The lowest BCUT2D eigenvalue weighted by Gasteiger charge is -2.12. The number of esters is 1. The van der Waals surface area contributed by atoms with Crippen molar-refractivity contribution in [2.75, 3.05) is 11.9 Å². The summed E-state index contributed by atoms with van der Waals surface area (Å²) < 4.78 is 13.1. The SMILES string of the molecule is CCOC(=O)c1c(NC(=O)/C(C#N)=C/c2cc(I)c(OCc3ccccc3)c(I)c2)sc2c1CCCC2. The van der Waals surface area contributed by atoms with Gasteiger partial charge in [-0.15, -0.1) is 11.3 Å². The number of carbonyl (C=O) groups excluding carboxylic acids is 2. The first-order valence-electron chi connectivity index (χ1n) is 11.8. The molecule has 2 aromatic carbocycles. The van der Waals surface area contributed by atoms with Crippen molar-refractivity contribution in [2.24, 2.45) is 0 Å². The van der Waals surface area contributed by atoms with E-state index in [0.717, 1.165) is 54.6 Å². The molecule has 0 atom stereocenters. The number of nitrogens with one attached hydrogen (secondary N) is 1. The second-order valence-corrected chi connectivity index (χ2v) is 11.8. The first-order valence-corrected chi connectivity index (χ1v) is 14.8. The Morgan fingerprint density at radius 2 is 1.84 bits per heavy atom. The Hall–Kier alpha value is -2.43. The molecule has 1 heterocycles. The summed E-state index contributed by atoms with van der Waals surface area (Å²) in [4.78, 5) is 26.9. The summed E-state index contributed by atoms with van der Waals surface area (Å²) in [7, 11) is 0. The van der Waals surface area contributed by atoms with E-state index in [1.807, 2.05) is 48.5 Å². The maximum Gasteiger partial charge on any atom is 0.341 e. The molecular weight excluding hydrogens is 714 g/mol. The molecule has 0 bridgehead atoms. The summed E-state index contributed by atoms with van der Waals surface area (Å²) in [5.74, 6) is -0.232. The number of aryl methyl sites for hydroxylation is 1. The van der Waals surface area contributed by atoms with Crippen LogP contribution in [0.25, 0.3) is 6.08 Å². The van der Waals surface area contributed by atoms with E-state index in [2.05, 4.69) is 50.5 Å². The van der Waals surface area contributed by atoms with Crippen LogP contribution in [0.4, 0.5) is 5.00 Å². The number of carbonyl (C=O) groups is 2. The fourth-order valence-electron chi connectivity index (χ4n) is 4.09. The summed E-state index contributed by atoms with van der Waals surface area (Å²) in [5.41, 5.74) is 3.12. The molecule has 1 amide bonds. The third-order valence-electron chi connectivity index (χ3n) is 5.80. The molecule has 0 spiro atoms. The number of hydrogen-bond acceptors (Lipinski definition) is 6. The van der Waals surface area contributed by atoms with E-state index >= 15 is 0 Å². The normalized spacial score (nSPS) is 12.9. The number of halogens is 2. The maximum absolute atomic E-state index is 13.1. The van der Waals surface area contributed by atoms with Crippen molar-refractivity contribution in [2.45, 2.75) is 39.2 Å². The Kier molecular flexibility index (Phi) is 9.61. The van der Waals surface area contributed by atoms with Crippen molar-refractivity contribution >= 4 is 79.5 Å². The van der Waals surface area contributed by atoms with Crippen LogP contribution >= 0.6 is 56.5 Å². The highest BCUT2D eigenvalue weighted by molar-refractivity contribution is 14.1. The average molecular weight is 738 g/mol. The fraction of sp³-hybridized carbons (Fsp3) is 0.250. The molecule has 1 N–H and O–H groups in total. The zero-order valence-electron chi connectivity index (χ0n) is 20.1. The van der Waals surface area contributed by atoms with Crippen LogP contribution in [0.2, 0.25) is 0 Å². The van der Waals surface area contributed by atoms with E-state index in [-0.39, 0.29) is 12.2 Å². The van der Waals surface area contributed by atoms with Gasteiger partial charge in [0.25, 0.3) is 5.91 Å². The van der Waals surface area contributed by atoms with E-state index < -0.39 is 11.9 Å². The molecule has 3 aromatic rings. The van der Waals surface area contributed by atoms with Gasteiger partial charge in [0.2, 0.25) is 0 Å². The third-order valence-corrected chi connectivity index (χ3v) is 8.61. The zero-order chi connectivity index (χ0) is 26.4. The molecule has 0 saturated heterocycles. The van der Waals surface area contributed by atoms with Crippen LogP contribution in [0.3, 0.4) is 0 Å². The van der Waals surface area contributed by atoms with Crippen molar-refractivity contribution in [3.05, 3.63) is 82.3 Å². The largest absolute Gasteiger partial charge is 0.487 e. The minimum atomic E-state index is -0.555. The van der Waals surface area contributed by atoms with E-state index in [0.29, 0.717) is 22.7 Å². The highest BCUT2D eigenvalue weighted by atomic mass is 127. The van der Waals surface area contributed by atoms with Crippen LogP contribution in [0.5, 0.6) is 5.75 Å². The molecule has 4 rings (SSSR count). The molecule has 0 unspecified atom stereocenters. The predicted octanol–water partition coefficient (Wildman–Crippen LogP) is 7.14. The van der Waals surface area contributed by atoms with Crippen LogP contribution in [-0.2, 0) is 29.0 Å². The van der Waals surface area contributed by atoms with Crippen LogP contribution in [0, 0.1) is 18.5 Å². The summed E-state index contributed by atoms with van der Waals surface area (Å²) in [6, 6.07) is 15.7. The van der Waals surface area contributed by atoms with Gasteiger partial charge in [0.05, 0.1) is 19.3 Å². The average Bonchev–Trinajstić information content (AvgIpc) is 3.25. The molecular formula is C28H24I2N2O4S. The highest BCUT2D eigenvalue weighted by Crippen LogP contribution is 2.39. The number of rotatable bonds is 8. The smallest absolute Gasteiger partial charge is 0.341 e. The van der Waals surface area contributed by atoms with Crippen molar-refractivity contribution < 1.29 is 19.1 Å². The maximum atomic E-state index is 13.1. The topological polar surface area (TPSA) is 88.4 Å². The van der Waals surface area contributed by atoms with Gasteiger partial charge in [-0.2, -0.15) is 5.26 Å². The Labute approximate surface area is 247 Å². The minimum absolute atomic E-state index is 0.0502. The number of benzene rings is 2. The minimum Gasteiger partial charge on any atom is -0.487 e. The lowest BCUT2D eigenvalue weighted by Crippen LogP contribution is -2.16. The molecule has 0 saturated carbocycles. The molecule has 0 aliphatic heterocycles. The summed E-state index contributed by atoms with van der Waals surface area (Å²) >= 11 is 5.79. The fourth-order valence-corrected chi connectivity index (χ4v) is 7.49. The van der Waals surface area contributed by atoms with Gasteiger partial charge in [0.15, 0.2) is 0 Å². The van der Waals surface area contributed by atoms with Crippen molar-refractivity contribution in [1.29, 1.82) is 5.26 Å². The quantitative estimate of drug-likeness (QED) is 0.115. The van der Waals surface area contributed by atoms with Gasteiger partial charge in [-0.1, -0.05) is 30.3 Å². The number of thiophene rings is 1. The lowest BCUT2D eigenvalue weighted by atomic mass is 9.95. The number of ether oxygens (including phenoxy) is 2. The second kappa shape index (κ2) is 12.9. The number of nitriles is 1. The zero-order valence-corrected chi connectivity index (χ0v) is 25.2. The molecule has 1 aliphatic rings. The Bertz CT molecular complexity index is 1370. The number of hydrogen-bond donors (Lipinski definition) is 1. The third kappa shape index (κ3) is 6.72. The van der Waals surface area contributed by atoms with Crippen LogP contribution in [0.1, 0.15) is 51.7 Å². The van der Waals surface area contributed by atoms with E-state index in [9.17, 15) is 14.9 Å². The molecule has 37 heavy (non-hydrogen) atoms. The first-order chi connectivity index (χ1) is 17.9. The summed E-state index contributed by atoms with van der Waals surface area (Å²) in [5, 5.41) is 13.0. The molecule has 9 heteroatoms. The highest BCUT2D eigenvalue weighted by Gasteiger charge is 2.27. The van der Waals surface area contributed by atoms with Crippen molar-refractivity contribution in [3.63, 3.8) is 0 Å². The Morgan fingerprint density at radius 1 is 1.14 bits per heavy atom. The number of amides is 1. The molecule has 1 aliphatic carbocycles. The molecule has 0 radical (unpaired) electrons. The van der Waals surface area contributed by atoms with Gasteiger partial charge in [-0.25, -0.2) is 4.79 Å². The predicted molar refractivity (Wildman–Crippen MR) is 162 cm³/mol. The monoisotopic (exact) mass is 738 g/mol. The van der Waals surface area contributed by atoms with Crippen molar-refractivity contribution in [1.82, 2.24) is 0 Å². The van der Waals surface area contributed by atoms with E-state index in [1.165, 1.54) is 11.3 Å². The van der Waals surface area contributed by atoms with Crippen LogP contribution < -0.4 is 10.1 Å². The summed E-state index contributed by atoms with van der Waals surface area (Å²) in [6.07, 6.45) is 5.26. The van der Waals surface area contributed by atoms with E-state index in [1.54, 1.807) is 13.0 Å². The molecule has 0 fully saturated rings. The van der Waals surface area contributed by atoms with Gasteiger partial charge in [-0.05, 0) is 113 Å². The van der Waals surface area contributed by atoms with Gasteiger partial charge in [-0.3, -0.25) is 4.79 Å². The molecule has 190 valence electrons. The Balaban J connectivity index is 1.55. The van der Waals surface area contributed by atoms with Gasteiger partial charge in [0.1, 0.15) is 29.0 Å². The lowest BCUT2D eigenvalue weighted by molar-refractivity contribution is -0.112. The van der Waals surface area contributed by atoms with Crippen molar-refractivity contribution in [3.8, 4) is 11.8 Å². The van der Waals surface area contributed by atoms with Gasteiger partial charge < -0.3 is 14.8 Å². The summed E-state index contributed by atoms with van der Waals surface area (Å²) in [6.45, 7) is 2.45. The second-order valence-electron chi connectivity index (χ2n) is 8.35. The van der Waals surface area contributed by atoms with Gasteiger partial charge >= 0.3 is 5.97 Å². The Morgan fingerprint density at radius 3 is 2.51 bits per heavy atom. The van der Waals surface area contributed by atoms with Crippen LogP contribution in [0.15, 0.2) is 48.0 Å². The standard InChI is InChI=1S/C28H24I2N2O4S/c1-2-35-28(34)24-20-10-6-7-11-23(20)37-27(24)32-26(33)19(15-31)12-18-13-21(29)25(22(30)14-18)36-16-17-8-4-3-5-9-17/h3-5,8-9,12-14H,2,6-7,10-11,16H2,1H3,(H,32,33)/b19-12+. The molecule has 6 nitrogen and oxygen atoms in total. The number of anilines is 1. The first kappa shape index (κ1) is 27.6. The van der Waals surface area contributed by atoms with Gasteiger partial charge in [0, 0.05) is 4.88 Å². The molecule has 1 aromatic heterocycles. The van der Waals surface area contributed by atoms with E-state index in [4.69, 9.17) is 9.47 Å². The number of fused-ring (bicyclic) bond motifs is 1. The van der Waals surface area contributed by atoms with Crippen LogP contribution in [-0.4, -0.2) is 18.5 Å².